The van der Waals surface area contributed by atoms with Crippen molar-refractivity contribution >= 4 is 5.95 Å². The van der Waals surface area contributed by atoms with E-state index in [1.807, 2.05) is 19.0 Å². The average molecular weight is 240 g/mol. The van der Waals surface area contributed by atoms with Gasteiger partial charge < -0.3 is 14.7 Å². The van der Waals surface area contributed by atoms with Crippen LogP contribution in [0.3, 0.4) is 0 Å². The maximum absolute atomic E-state index is 5.26. The highest BCUT2D eigenvalue weighted by atomic mass is 16.5. The van der Waals surface area contributed by atoms with Gasteiger partial charge in [0, 0.05) is 26.1 Å². The van der Waals surface area contributed by atoms with Gasteiger partial charge in [-0.1, -0.05) is 13.8 Å². The molecule has 0 saturated heterocycles. The second-order valence-corrected chi connectivity index (χ2v) is 4.82. The fourth-order valence-electron chi connectivity index (χ4n) is 1.71. The van der Waals surface area contributed by atoms with Crippen molar-refractivity contribution in [3.8, 4) is 0 Å². The molecule has 1 heterocycles. The van der Waals surface area contributed by atoms with Crippen molar-refractivity contribution < 1.29 is 4.52 Å². The fourth-order valence-corrected chi connectivity index (χ4v) is 1.71. The van der Waals surface area contributed by atoms with E-state index in [0.717, 1.165) is 19.4 Å². The molecule has 0 aromatic carbocycles. The molecular formula is C12H24N4O. The summed E-state index contributed by atoms with van der Waals surface area (Å²) in [6, 6.07) is 0.398. The Labute approximate surface area is 104 Å². The fraction of sp³-hybridized carbons (Fsp3) is 0.833. The van der Waals surface area contributed by atoms with Crippen molar-refractivity contribution in [2.75, 3.05) is 25.5 Å². The maximum atomic E-state index is 5.26. The molecule has 1 N–H and O–H groups in total. The van der Waals surface area contributed by atoms with Crippen LogP contribution in [0.5, 0.6) is 0 Å². The van der Waals surface area contributed by atoms with E-state index in [4.69, 9.17) is 4.52 Å². The van der Waals surface area contributed by atoms with Crippen LogP contribution in [-0.4, -0.2) is 36.8 Å². The van der Waals surface area contributed by atoms with E-state index in [9.17, 15) is 0 Å². The van der Waals surface area contributed by atoms with Gasteiger partial charge in [-0.05, 0) is 31.5 Å². The first-order valence-electron chi connectivity index (χ1n) is 6.27. The van der Waals surface area contributed by atoms with Crippen LogP contribution in [0.1, 0.15) is 33.1 Å². The molecule has 0 aliphatic heterocycles. The lowest BCUT2D eigenvalue weighted by Crippen LogP contribution is -2.29. The van der Waals surface area contributed by atoms with E-state index in [1.165, 1.54) is 0 Å². The summed E-state index contributed by atoms with van der Waals surface area (Å²) < 4.78 is 5.26. The topological polar surface area (TPSA) is 54.2 Å². The smallest absolute Gasteiger partial charge is 0.265 e. The van der Waals surface area contributed by atoms with Gasteiger partial charge in [-0.25, -0.2) is 0 Å². The summed E-state index contributed by atoms with van der Waals surface area (Å²) in [5.74, 6) is 2.04. The molecule has 98 valence electrons. The third kappa shape index (κ3) is 4.34. The van der Waals surface area contributed by atoms with Crippen LogP contribution in [0.2, 0.25) is 0 Å². The minimum Gasteiger partial charge on any atom is -0.342 e. The Morgan fingerprint density at radius 2 is 2.12 bits per heavy atom. The predicted molar refractivity (Wildman–Crippen MR) is 69.2 cm³/mol. The van der Waals surface area contributed by atoms with E-state index < -0.39 is 0 Å². The van der Waals surface area contributed by atoms with Gasteiger partial charge in [0.25, 0.3) is 5.95 Å². The summed E-state index contributed by atoms with van der Waals surface area (Å²) in [7, 11) is 3.93. The highest BCUT2D eigenvalue weighted by Crippen LogP contribution is 2.12. The normalized spacial score (nSPS) is 13.1. The van der Waals surface area contributed by atoms with Crippen molar-refractivity contribution in [3.63, 3.8) is 0 Å². The molecule has 1 aromatic heterocycles. The lowest BCUT2D eigenvalue weighted by Gasteiger charge is -2.15. The Kier molecular flexibility index (Phi) is 5.41. The molecule has 17 heavy (non-hydrogen) atoms. The number of likely N-dealkylation sites (N-methyl/N-ethyl adjacent to an activating group) is 1. The number of rotatable bonds is 7. The second kappa shape index (κ2) is 6.59. The minimum absolute atomic E-state index is 0.398. The van der Waals surface area contributed by atoms with Crippen LogP contribution in [0.25, 0.3) is 0 Å². The van der Waals surface area contributed by atoms with Gasteiger partial charge in [0.1, 0.15) is 0 Å². The Morgan fingerprint density at radius 3 is 2.65 bits per heavy atom. The molecule has 5 nitrogen and oxygen atoms in total. The number of hydrogen-bond acceptors (Lipinski definition) is 5. The lowest BCUT2D eigenvalue weighted by molar-refractivity contribution is 0.345. The van der Waals surface area contributed by atoms with Crippen LogP contribution in [-0.2, 0) is 6.42 Å². The molecule has 1 aromatic rings. The summed E-state index contributed by atoms with van der Waals surface area (Å²) in [4.78, 5) is 6.35. The molecule has 1 atom stereocenters. The van der Waals surface area contributed by atoms with Crippen LogP contribution in [0.15, 0.2) is 4.52 Å². The van der Waals surface area contributed by atoms with Gasteiger partial charge in [-0.3, -0.25) is 0 Å². The average Bonchev–Trinajstić information content (AvgIpc) is 2.75. The van der Waals surface area contributed by atoms with E-state index in [2.05, 4.69) is 36.2 Å². The standard InChI is InChI=1S/C12H24N4O/c1-6-16(5)12-14-11(17-15-12)8-10(13-4)7-9(2)3/h9-10,13H,6-8H2,1-5H3. The molecule has 0 fully saturated rings. The molecular weight excluding hydrogens is 216 g/mol. The van der Waals surface area contributed by atoms with Crippen molar-refractivity contribution in [1.82, 2.24) is 15.5 Å². The molecule has 0 saturated carbocycles. The first kappa shape index (κ1) is 14.0. The van der Waals surface area contributed by atoms with Gasteiger partial charge in [0.15, 0.2) is 0 Å². The SMILES string of the molecule is CCN(C)c1noc(CC(CC(C)C)NC)n1. The van der Waals surface area contributed by atoms with Crippen LogP contribution >= 0.6 is 0 Å². The number of nitrogens with one attached hydrogen (secondary N) is 1. The third-order valence-electron chi connectivity index (χ3n) is 2.86. The lowest BCUT2D eigenvalue weighted by atomic mass is 10.0. The van der Waals surface area contributed by atoms with Gasteiger partial charge in [0.2, 0.25) is 5.89 Å². The van der Waals surface area contributed by atoms with Crippen LogP contribution < -0.4 is 10.2 Å². The number of hydrogen-bond donors (Lipinski definition) is 1. The summed E-state index contributed by atoms with van der Waals surface area (Å²) >= 11 is 0. The summed E-state index contributed by atoms with van der Waals surface area (Å²) in [6.45, 7) is 7.37. The molecule has 0 amide bonds. The number of anilines is 1. The van der Waals surface area contributed by atoms with E-state index in [-0.39, 0.29) is 0 Å². The Morgan fingerprint density at radius 1 is 1.41 bits per heavy atom. The van der Waals surface area contributed by atoms with Gasteiger partial charge in [0.05, 0.1) is 0 Å². The van der Waals surface area contributed by atoms with E-state index in [0.29, 0.717) is 23.8 Å². The molecule has 1 unspecified atom stereocenters. The molecule has 0 radical (unpaired) electrons. The first-order chi connectivity index (χ1) is 8.06. The molecule has 1 rings (SSSR count). The maximum Gasteiger partial charge on any atom is 0.265 e. The summed E-state index contributed by atoms with van der Waals surface area (Å²) in [6.07, 6.45) is 1.90. The zero-order chi connectivity index (χ0) is 12.8. The third-order valence-corrected chi connectivity index (χ3v) is 2.86. The van der Waals surface area contributed by atoms with Gasteiger partial charge in [-0.2, -0.15) is 4.98 Å². The minimum atomic E-state index is 0.398. The highest BCUT2D eigenvalue weighted by Gasteiger charge is 2.15. The highest BCUT2D eigenvalue weighted by molar-refractivity contribution is 5.25. The summed E-state index contributed by atoms with van der Waals surface area (Å²) in [5.41, 5.74) is 0. The largest absolute Gasteiger partial charge is 0.342 e. The van der Waals surface area contributed by atoms with Crippen molar-refractivity contribution in [2.24, 2.45) is 5.92 Å². The van der Waals surface area contributed by atoms with Crippen LogP contribution in [0, 0.1) is 5.92 Å². The second-order valence-electron chi connectivity index (χ2n) is 4.82. The molecule has 5 heteroatoms. The molecule has 0 aliphatic carbocycles. The van der Waals surface area contributed by atoms with Gasteiger partial charge >= 0.3 is 0 Å². The quantitative estimate of drug-likeness (QED) is 0.786. The zero-order valence-electron chi connectivity index (χ0n) is 11.5. The summed E-state index contributed by atoms with van der Waals surface area (Å²) in [5, 5.41) is 7.26. The van der Waals surface area contributed by atoms with Crippen molar-refractivity contribution in [3.05, 3.63) is 5.89 Å². The Balaban J connectivity index is 2.58. The van der Waals surface area contributed by atoms with Gasteiger partial charge in [-0.15, -0.1) is 0 Å². The van der Waals surface area contributed by atoms with E-state index >= 15 is 0 Å². The first-order valence-corrected chi connectivity index (χ1v) is 6.27. The Hall–Kier alpha value is -1.10. The van der Waals surface area contributed by atoms with E-state index in [1.54, 1.807) is 0 Å². The zero-order valence-corrected chi connectivity index (χ0v) is 11.5. The molecule has 0 aliphatic rings. The van der Waals surface area contributed by atoms with Crippen molar-refractivity contribution in [2.45, 2.75) is 39.7 Å². The number of nitrogens with zero attached hydrogens (tertiary/aromatic N) is 3. The van der Waals surface area contributed by atoms with Crippen LogP contribution in [0.4, 0.5) is 5.95 Å². The monoisotopic (exact) mass is 240 g/mol. The van der Waals surface area contributed by atoms with Crippen molar-refractivity contribution in [1.29, 1.82) is 0 Å². The predicted octanol–water partition coefficient (Wildman–Crippen LogP) is 1.70. The Bertz CT molecular complexity index is 324. The molecule has 0 bridgehead atoms. The molecule has 0 spiro atoms. The number of aromatic nitrogens is 2.